The van der Waals surface area contributed by atoms with Crippen LogP contribution in [0.25, 0.3) is 0 Å². The number of halogens is 1. The summed E-state index contributed by atoms with van der Waals surface area (Å²) in [5.74, 6) is 1.93. The van der Waals surface area contributed by atoms with Crippen LogP contribution in [0.1, 0.15) is 78.1 Å². The third-order valence-corrected chi connectivity index (χ3v) is 5.60. The molecule has 0 aromatic carbocycles. The topological polar surface area (TPSA) is 0 Å². The van der Waals surface area contributed by atoms with E-state index in [9.17, 15) is 0 Å². The number of rotatable bonds is 8. The third kappa shape index (κ3) is 5.21. The van der Waals surface area contributed by atoms with E-state index in [1.54, 1.807) is 0 Å². The minimum atomic E-state index is 0.807. The summed E-state index contributed by atoms with van der Waals surface area (Å²) in [6, 6.07) is 0. The second-order valence-electron chi connectivity index (χ2n) is 5.62. The lowest BCUT2D eigenvalue weighted by Crippen LogP contribution is -2.10. The van der Waals surface area contributed by atoms with Crippen LogP contribution in [0.3, 0.4) is 0 Å². The highest BCUT2D eigenvalue weighted by Gasteiger charge is 2.29. The molecule has 0 heterocycles. The van der Waals surface area contributed by atoms with Crippen molar-refractivity contribution >= 4 is 15.9 Å². The Balaban J connectivity index is 1.91. The summed E-state index contributed by atoms with van der Waals surface area (Å²) in [4.78, 5) is 0.807. The molecule has 0 nitrogen and oxygen atoms in total. The van der Waals surface area contributed by atoms with E-state index in [4.69, 9.17) is 0 Å². The first-order valence-electron chi connectivity index (χ1n) is 7.39. The van der Waals surface area contributed by atoms with Gasteiger partial charge in [0, 0.05) is 4.83 Å². The summed E-state index contributed by atoms with van der Waals surface area (Å²) in [5.41, 5.74) is 0. The molecule has 0 aliphatic heterocycles. The standard InChI is InChI=1S/C15H29Br/c1-3-4-5-6-7-8-9-10-14-11-12-15(16)13(14)2/h13-15H,3-12H2,1-2H3. The second kappa shape index (κ2) is 8.55. The molecule has 3 unspecified atom stereocenters. The van der Waals surface area contributed by atoms with Crippen molar-refractivity contribution < 1.29 is 0 Å². The van der Waals surface area contributed by atoms with Crippen LogP contribution in [0.2, 0.25) is 0 Å². The zero-order valence-electron chi connectivity index (χ0n) is 11.2. The quantitative estimate of drug-likeness (QED) is 0.383. The fraction of sp³-hybridized carbons (Fsp3) is 1.00. The molecule has 0 amide bonds. The number of hydrogen-bond donors (Lipinski definition) is 0. The summed E-state index contributed by atoms with van der Waals surface area (Å²) >= 11 is 3.80. The fourth-order valence-corrected chi connectivity index (χ4v) is 3.66. The number of unbranched alkanes of at least 4 members (excludes halogenated alkanes) is 6. The lowest BCUT2D eigenvalue weighted by atomic mass is 9.92. The first-order valence-corrected chi connectivity index (χ1v) is 8.31. The number of alkyl halides is 1. The van der Waals surface area contributed by atoms with Crippen molar-refractivity contribution in [2.45, 2.75) is 82.9 Å². The highest BCUT2D eigenvalue weighted by Crippen LogP contribution is 2.39. The Morgan fingerprint density at radius 2 is 1.56 bits per heavy atom. The highest BCUT2D eigenvalue weighted by molar-refractivity contribution is 9.09. The average Bonchev–Trinajstić information content (AvgIpc) is 2.59. The van der Waals surface area contributed by atoms with Crippen LogP contribution >= 0.6 is 15.9 Å². The van der Waals surface area contributed by atoms with Crippen molar-refractivity contribution in [3.63, 3.8) is 0 Å². The molecule has 0 bridgehead atoms. The van der Waals surface area contributed by atoms with Crippen molar-refractivity contribution in [2.75, 3.05) is 0 Å². The minimum Gasteiger partial charge on any atom is -0.0888 e. The van der Waals surface area contributed by atoms with Crippen molar-refractivity contribution in [2.24, 2.45) is 11.8 Å². The SMILES string of the molecule is CCCCCCCCCC1CCC(Br)C1C. The Morgan fingerprint density at radius 3 is 2.12 bits per heavy atom. The second-order valence-corrected chi connectivity index (χ2v) is 6.80. The minimum absolute atomic E-state index is 0.807. The van der Waals surface area contributed by atoms with Crippen molar-refractivity contribution in [3.8, 4) is 0 Å². The van der Waals surface area contributed by atoms with Gasteiger partial charge in [0.2, 0.25) is 0 Å². The molecule has 1 heteroatoms. The Bertz CT molecular complexity index is 167. The van der Waals surface area contributed by atoms with E-state index < -0.39 is 0 Å². The van der Waals surface area contributed by atoms with Crippen LogP contribution in [-0.4, -0.2) is 4.83 Å². The van der Waals surface area contributed by atoms with Gasteiger partial charge in [-0.1, -0.05) is 81.1 Å². The maximum Gasteiger partial charge on any atom is 0.0174 e. The lowest BCUT2D eigenvalue weighted by molar-refractivity contribution is 0.378. The molecule has 3 atom stereocenters. The van der Waals surface area contributed by atoms with Gasteiger partial charge in [-0.25, -0.2) is 0 Å². The highest BCUT2D eigenvalue weighted by atomic mass is 79.9. The molecule has 1 aliphatic rings. The Hall–Kier alpha value is 0.480. The summed E-state index contributed by atoms with van der Waals surface area (Å²) in [5, 5.41) is 0. The van der Waals surface area contributed by atoms with E-state index in [0.29, 0.717) is 0 Å². The van der Waals surface area contributed by atoms with Gasteiger partial charge >= 0.3 is 0 Å². The molecular formula is C15H29Br. The zero-order chi connectivity index (χ0) is 11.8. The molecule has 0 saturated heterocycles. The Morgan fingerprint density at radius 1 is 0.938 bits per heavy atom. The molecule has 0 radical (unpaired) electrons. The van der Waals surface area contributed by atoms with Gasteiger partial charge in [-0.2, -0.15) is 0 Å². The van der Waals surface area contributed by atoms with Crippen LogP contribution in [0.15, 0.2) is 0 Å². The summed E-state index contributed by atoms with van der Waals surface area (Å²) < 4.78 is 0. The molecule has 96 valence electrons. The third-order valence-electron chi connectivity index (χ3n) is 4.31. The van der Waals surface area contributed by atoms with Gasteiger partial charge in [-0.3, -0.25) is 0 Å². The van der Waals surface area contributed by atoms with E-state index in [1.807, 2.05) is 0 Å². The summed E-state index contributed by atoms with van der Waals surface area (Å²) in [6.45, 7) is 4.72. The molecule has 1 saturated carbocycles. The molecule has 16 heavy (non-hydrogen) atoms. The maximum absolute atomic E-state index is 3.80. The van der Waals surface area contributed by atoms with Crippen LogP contribution in [0.5, 0.6) is 0 Å². The van der Waals surface area contributed by atoms with Gasteiger partial charge < -0.3 is 0 Å². The maximum atomic E-state index is 3.80. The average molecular weight is 289 g/mol. The largest absolute Gasteiger partial charge is 0.0888 e. The first-order chi connectivity index (χ1) is 7.75. The smallest absolute Gasteiger partial charge is 0.0174 e. The van der Waals surface area contributed by atoms with E-state index >= 15 is 0 Å². The molecule has 0 aromatic rings. The predicted octanol–water partition coefficient (Wildman–Crippen LogP) is 5.94. The molecule has 0 spiro atoms. The van der Waals surface area contributed by atoms with Gasteiger partial charge in [0.25, 0.3) is 0 Å². The van der Waals surface area contributed by atoms with E-state index in [0.717, 1.165) is 16.7 Å². The van der Waals surface area contributed by atoms with Crippen LogP contribution < -0.4 is 0 Å². The van der Waals surface area contributed by atoms with Gasteiger partial charge in [0.1, 0.15) is 0 Å². The summed E-state index contributed by atoms with van der Waals surface area (Å²) in [7, 11) is 0. The van der Waals surface area contributed by atoms with Gasteiger partial charge in [-0.05, 0) is 24.7 Å². The summed E-state index contributed by atoms with van der Waals surface area (Å²) in [6.07, 6.45) is 14.5. The van der Waals surface area contributed by atoms with Crippen molar-refractivity contribution in [1.82, 2.24) is 0 Å². The molecule has 1 aliphatic carbocycles. The van der Waals surface area contributed by atoms with E-state index in [-0.39, 0.29) is 0 Å². The number of hydrogen-bond acceptors (Lipinski definition) is 0. The molecule has 1 rings (SSSR count). The normalized spacial score (nSPS) is 29.8. The monoisotopic (exact) mass is 288 g/mol. The van der Waals surface area contributed by atoms with Crippen molar-refractivity contribution in [3.05, 3.63) is 0 Å². The van der Waals surface area contributed by atoms with Gasteiger partial charge in [-0.15, -0.1) is 0 Å². The zero-order valence-corrected chi connectivity index (χ0v) is 12.8. The lowest BCUT2D eigenvalue weighted by Gasteiger charge is -2.16. The molecule has 1 fully saturated rings. The van der Waals surface area contributed by atoms with Gasteiger partial charge in [0.15, 0.2) is 0 Å². The van der Waals surface area contributed by atoms with Gasteiger partial charge in [0.05, 0.1) is 0 Å². The van der Waals surface area contributed by atoms with Crippen LogP contribution in [-0.2, 0) is 0 Å². The fourth-order valence-electron chi connectivity index (χ4n) is 2.97. The van der Waals surface area contributed by atoms with E-state index in [1.165, 1.54) is 64.2 Å². The van der Waals surface area contributed by atoms with Crippen LogP contribution in [0, 0.1) is 11.8 Å². The van der Waals surface area contributed by atoms with Crippen LogP contribution in [0.4, 0.5) is 0 Å². The Labute approximate surface area is 111 Å². The molecule has 0 N–H and O–H groups in total. The first kappa shape index (κ1) is 14.5. The molecule has 0 aromatic heterocycles. The van der Waals surface area contributed by atoms with Crippen molar-refractivity contribution in [1.29, 1.82) is 0 Å². The Kier molecular flexibility index (Phi) is 7.77. The van der Waals surface area contributed by atoms with E-state index in [2.05, 4.69) is 29.8 Å². The predicted molar refractivity (Wildman–Crippen MR) is 77.2 cm³/mol. The molecular weight excluding hydrogens is 260 g/mol.